The second-order valence-corrected chi connectivity index (χ2v) is 4.18. The van der Waals surface area contributed by atoms with Crippen molar-refractivity contribution in [3.05, 3.63) is 70.2 Å². The lowest BCUT2D eigenvalue weighted by Crippen LogP contribution is -1.94. The molecule has 0 heterocycles. The highest BCUT2D eigenvalue weighted by atomic mass is 79.9. The van der Waals surface area contributed by atoms with E-state index in [-0.39, 0.29) is 0 Å². The van der Waals surface area contributed by atoms with Crippen LogP contribution in [0.15, 0.2) is 59.1 Å². The van der Waals surface area contributed by atoms with Crippen molar-refractivity contribution in [1.29, 1.82) is 0 Å². The SMILES string of the molecule is NCc1ccccc1.O=Cc1ccccc1Br. The van der Waals surface area contributed by atoms with Crippen LogP contribution < -0.4 is 5.73 Å². The molecule has 0 fully saturated rings. The summed E-state index contributed by atoms with van der Waals surface area (Å²) in [5.41, 5.74) is 7.23. The van der Waals surface area contributed by atoms with E-state index in [4.69, 9.17) is 5.73 Å². The van der Waals surface area contributed by atoms with E-state index in [0.29, 0.717) is 12.1 Å². The molecule has 0 radical (unpaired) electrons. The van der Waals surface area contributed by atoms with E-state index < -0.39 is 0 Å². The summed E-state index contributed by atoms with van der Waals surface area (Å²) in [6, 6.07) is 17.3. The minimum Gasteiger partial charge on any atom is -0.326 e. The fraction of sp³-hybridized carbons (Fsp3) is 0.0714. The molecule has 3 heteroatoms. The molecular weight excluding hydrogens is 278 g/mol. The number of rotatable bonds is 2. The van der Waals surface area contributed by atoms with Gasteiger partial charge in [-0.3, -0.25) is 4.79 Å². The van der Waals surface area contributed by atoms with Crippen LogP contribution in [0.1, 0.15) is 15.9 Å². The maximum atomic E-state index is 10.2. The van der Waals surface area contributed by atoms with Crippen molar-refractivity contribution >= 4 is 22.2 Å². The molecular formula is C14H14BrNO. The van der Waals surface area contributed by atoms with E-state index in [0.717, 1.165) is 10.8 Å². The number of hydrogen-bond acceptors (Lipinski definition) is 2. The fourth-order valence-electron chi connectivity index (χ4n) is 1.18. The van der Waals surface area contributed by atoms with Crippen LogP contribution in [0.3, 0.4) is 0 Å². The molecule has 0 saturated carbocycles. The van der Waals surface area contributed by atoms with Crippen LogP contribution in [0.4, 0.5) is 0 Å². The number of nitrogens with two attached hydrogens (primary N) is 1. The fourth-order valence-corrected chi connectivity index (χ4v) is 1.56. The van der Waals surface area contributed by atoms with Gasteiger partial charge in [-0.1, -0.05) is 64.5 Å². The third kappa shape index (κ3) is 4.93. The summed E-state index contributed by atoms with van der Waals surface area (Å²) in [6.45, 7) is 0.640. The van der Waals surface area contributed by atoms with Crippen molar-refractivity contribution in [1.82, 2.24) is 0 Å². The quantitative estimate of drug-likeness (QED) is 0.862. The molecule has 2 nitrogen and oxygen atoms in total. The number of benzene rings is 2. The maximum Gasteiger partial charge on any atom is 0.151 e. The second kappa shape index (κ2) is 7.76. The Balaban J connectivity index is 0.000000171. The number of halogens is 1. The average molecular weight is 292 g/mol. The van der Waals surface area contributed by atoms with Crippen molar-refractivity contribution < 1.29 is 4.79 Å². The lowest BCUT2D eigenvalue weighted by Gasteiger charge is -1.90. The van der Waals surface area contributed by atoms with Crippen LogP contribution >= 0.6 is 15.9 Å². The molecule has 0 aliphatic carbocycles. The van der Waals surface area contributed by atoms with Gasteiger partial charge in [0.1, 0.15) is 0 Å². The summed E-state index contributed by atoms with van der Waals surface area (Å²) in [7, 11) is 0. The lowest BCUT2D eigenvalue weighted by molar-refractivity contribution is 0.112. The largest absolute Gasteiger partial charge is 0.326 e. The highest BCUT2D eigenvalue weighted by Gasteiger charge is 1.92. The Hall–Kier alpha value is -1.45. The van der Waals surface area contributed by atoms with Gasteiger partial charge < -0.3 is 5.73 Å². The van der Waals surface area contributed by atoms with Gasteiger partial charge in [0.15, 0.2) is 6.29 Å². The summed E-state index contributed by atoms with van der Waals surface area (Å²) in [4.78, 5) is 10.2. The van der Waals surface area contributed by atoms with Gasteiger partial charge in [0, 0.05) is 16.6 Å². The zero-order valence-electron chi connectivity index (χ0n) is 9.34. The maximum absolute atomic E-state index is 10.2. The Morgan fingerprint density at radius 3 is 2.00 bits per heavy atom. The first-order valence-corrected chi connectivity index (χ1v) is 6.01. The zero-order valence-corrected chi connectivity index (χ0v) is 10.9. The standard InChI is InChI=1S/C7H5BrO.C7H9N/c8-7-4-2-1-3-6(7)5-9;8-6-7-4-2-1-3-5-7/h1-5H;1-5H,6,8H2. The molecule has 0 aliphatic rings. The predicted octanol–water partition coefficient (Wildman–Crippen LogP) is 3.41. The summed E-state index contributed by atoms with van der Waals surface area (Å²) in [5.74, 6) is 0. The van der Waals surface area contributed by atoms with Crippen LogP contribution in [0.2, 0.25) is 0 Å². The van der Waals surface area contributed by atoms with Gasteiger partial charge in [-0.2, -0.15) is 0 Å². The molecule has 0 unspecified atom stereocenters. The molecule has 2 aromatic carbocycles. The Bertz CT molecular complexity index is 457. The smallest absolute Gasteiger partial charge is 0.151 e. The van der Waals surface area contributed by atoms with E-state index in [1.807, 2.05) is 48.5 Å². The van der Waals surface area contributed by atoms with Crippen LogP contribution in [0.25, 0.3) is 0 Å². The molecule has 2 N–H and O–H groups in total. The molecule has 0 saturated heterocycles. The first-order chi connectivity index (χ1) is 8.27. The van der Waals surface area contributed by atoms with Gasteiger partial charge in [-0.05, 0) is 11.6 Å². The number of aldehydes is 1. The van der Waals surface area contributed by atoms with E-state index in [9.17, 15) is 4.79 Å². The van der Waals surface area contributed by atoms with Gasteiger partial charge in [-0.25, -0.2) is 0 Å². The Labute approximate surface area is 110 Å². The summed E-state index contributed by atoms with van der Waals surface area (Å²) >= 11 is 3.23. The molecule has 17 heavy (non-hydrogen) atoms. The van der Waals surface area contributed by atoms with Gasteiger partial charge in [0.2, 0.25) is 0 Å². The first kappa shape index (κ1) is 13.6. The molecule has 0 amide bonds. The van der Waals surface area contributed by atoms with Crippen molar-refractivity contribution in [2.24, 2.45) is 5.73 Å². The highest BCUT2D eigenvalue weighted by molar-refractivity contribution is 9.10. The average Bonchev–Trinajstić information content (AvgIpc) is 2.41. The van der Waals surface area contributed by atoms with Gasteiger partial charge in [0.25, 0.3) is 0 Å². The molecule has 0 aromatic heterocycles. The van der Waals surface area contributed by atoms with Crippen molar-refractivity contribution in [2.75, 3.05) is 0 Å². The monoisotopic (exact) mass is 291 g/mol. The van der Waals surface area contributed by atoms with Gasteiger partial charge in [-0.15, -0.1) is 0 Å². The molecule has 88 valence electrons. The Morgan fingerprint density at radius 2 is 1.59 bits per heavy atom. The summed E-state index contributed by atoms with van der Waals surface area (Å²) in [6.07, 6.45) is 0.823. The van der Waals surface area contributed by atoms with E-state index in [2.05, 4.69) is 15.9 Å². The lowest BCUT2D eigenvalue weighted by atomic mass is 10.2. The minimum atomic E-state index is 0.640. The number of carbonyl (C=O) groups excluding carboxylic acids is 1. The number of hydrogen-bond donors (Lipinski definition) is 1. The van der Waals surface area contributed by atoms with Crippen LogP contribution in [-0.2, 0) is 6.54 Å². The zero-order chi connectivity index (χ0) is 12.5. The topological polar surface area (TPSA) is 43.1 Å². The highest BCUT2D eigenvalue weighted by Crippen LogP contribution is 2.12. The Morgan fingerprint density at radius 1 is 1.00 bits per heavy atom. The first-order valence-electron chi connectivity index (χ1n) is 5.21. The van der Waals surface area contributed by atoms with E-state index >= 15 is 0 Å². The molecule has 0 atom stereocenters. The third-order valence-electron chi connectivity index (χ3n) is 2.11. The number of carbonyl (C=O) groups is 1. The van der Waals surface area contributed by atoms with Crippen LogP contribution in [-0.4, -0.2) is 6.29 Å². The molecule has 2 aromatic rings. The molecule has 0 aliphatic heterocycles. The van der Waals surface area contributed by atoms with E-state index in [1.165, 1.54) is 5.56 Å². The molecule has 2 rings (SSSR count). The van der Waals surface area contributed by atoms with Crippen molar-refractivity contribution in [2.45, 2.75) is 6.54 Å². The molecule has 0 bridgehead atoms. The van der Waals surface area contributed by atoms with Gasteiger partial charge in [0.05, 0.1) is 0 Å². The van der Waals surface area contributed by atoms with Gasteiger partial charge >= 0.3 is 0 Å². The van der Waals surface area contributed by atoms with E-state index in [1.54, 1.807) is 6.07 Å². The summed E-state index contributed by atoms with van der Waals surface area (Å²) < 4.78 is 0.847. The molecule has 0 spiro atoms. The van der Waals surface area contributed by atoms with Crippen molar-refractivity contribution in [3.63, 3.8) is 0 Å². The second-order valence-electron chi connectivity index (χ2n) is 3.33. The van der Waals surface area contributed by atoms with Crippen LogP contribution in [0, 0.1) is 0 Å². The minimum absolute atomic E-state index is 0.640. The van der Waals surface area contributed by atoms with Crippen molar-refractivity contribution in [3.8, 4) is 0 Å². The summed E-state index contributed by atoms with van der Waals surface area (Å²) in [5, 5.41) is 0. The third-order valence-corrected chi connectivity index (χ3v) is 2.83. The normalized spacial score (nSPS) is 9.06. The van der Waals surface area contributed by atoms with Crippen LogP contribution in [0.5, 0.6) is 0 Å². The predicted molar refractivity (Wildman–Crippen MR) is 73.9 cm³/mol. The Kier molecular flexibility index (Phi) is 6.22.